The van der Waals surface area contributed by atoms with E-state index in [1.807, 2.05) is 25.3 Å². The van der Waals surface area contributed by atoms with Gasteiger partial charge in [-0.05, 0) is 26.3 Å². The van der Waals surface area contributed by atoms with E-state index in [4.69, 9.17) is 4.98 Å². The number of hydrogen-bond acceptors (Lipinski definition) is 2. The highest BCUT2D eigenvalue weighted by atomic mass is 14.8. The van der Waals surface area contributed by atoms with Gasteiger partial charge >= 0.3 is 0 Å². The van der Waals surface area contributed by atoms with Crippen molar-refractivity contribution < 1.29 is 0 Å². The molecule has 0 aliphatic heterocycles. The summed E-state index contributed by atoms with van der Waals surface area (Å²) in [6.07, 6.45) is 1.86. The second kappa shape index (κ2) is 5.49. The molecule has 104 valence electrons. The summed E-state index contributed by atoms with van der Waals surface area (Å²) < 4.78 is 0. The third kappa shape index (κ3) is 2.70. The van der Waals surface area contributed by atoms with Gasteiger partial charge < -0.3 is 0 Å². The van der Waals surface area contributed by atoms with Gasteiger partial charge in [0.05, 0.1) is 23.3 Å². The maximum atomic E-state index is 4.73. The zero-order valence-electron chi connectivity index (χ0n) is 12.6. The van der Waals surface area contributed by atoms with Gasteiger partial charge in [-0.1, -0.05) is 54.1 Å². The van der Waals surface area contributed by atoms with Gasteiger partial charge in [-0.3, -0.25) is 4.98 Å². The SMILES string of the molecule is Cc1ccc(-c2cnc(-c3ccccc3C)c(C)n2)cc1. The molecular weight excluding hydrogens is 256 g/mol. The predicted molar refractivity (Wildman–Crippen MR) is 87.1 cm³/mol. The summed E-state index contributed by atoms with van der Waals surface area (Å²) in [5, 5.41) is 0. The molecule has 3 rings (SSSR count). The smallest absolute Gasteiger partial charge is 0.0917 e. The highest BCUT2D eigenvalue weighted by Gasteiger charge is 2.09. The van der Waals surface area contributed by atoms with Crippen LogP contribution in [0.25, 0.3) is 22.5 Å². The van der Waals surface area contributed by atoms with Crippen LogP contribution in [0.5, 0.6) is 0 Å². The van der Waals surface area contributed by atoms with E-state index in [0.29, 0.717) is 0 Å². The molecule has 0 spiro atoms. The zero-order chi connectivity index (χ0) is 14.8. The standard InChI is InChI=1S/C19H18N2/c1-13-8-10-16(11-9-13)18-12-20-19(15(3)21-18)17-7-5-4-6-14(17)2/h4-12H,1-3H3. The minimum Gasteiger partial charge on any atom is -0.252 e. The normalized spacial score (nSPS) is 10.6. The Labute approximate surface area is 125 Å². The highest BCUT2D eigenvalue weighted by Crippen LogP contribution is 2.25. The Morgan fingerprint density at radius 3 is 2.19 bits per heavy atom. The molecule has 2 heteroatoms. The number of nitrogens with zero attached hydrogens (tertiary/aromatic N) is 2. The molecule has 0 fully saturated rings. The maximum Gasteiger partial charge on any atom is 0.0917 e. The van der Waals surface area contributed by atoms with Crippen molar-refractivity contribution in [2.75, 3.05) is 0 Å². The van der Waals surface area contributed by atoms with Crippen LogP contribution in [0.2, 0.25) is 0 Å². The Balaban J connectivity index is 2.04. The molecule has 0 bridgehead atoms. The molecule has 0 radical (unpaired) electrons. The highest BCUT2D eigenvalue weighted by molar-refractivity contribution is 5.67. The topological polar surface area (TPSA) is 25.8 Å². The lowest BCUT2D eigenvalue weighted by atomic mass is 10.0. The van der Waals surface area contributed by atoms with E-state index >= 15 is 0 Å². The first-order valence-corrected chi connectivity index (χ1v) is 7.12. The lowest BCUT2D eigenvalue weighted by Gasteiger charge is -2.09. The lowest BCUT2D eigenvalue weighted by Crippen LogP contribution is -1.96. The monoisotopic (exact) mass is 274 g/mol. The summed E-state index contributed by atoms with van der Waals surface area (Å²) in [6.45, 7) is 6.21. The van der Waals surface area contributed by atoms with E-state index in [9.17, 15) is 0 Å². The molecule has 0 aliphatic carbocycles. The summed E-state index contributed by atoms with van der Waals surface area (Å²) in [7, 11) is 0. The number of rotatable bonds is 2. The minimum absolute atomic E-state index is 0.921. The number of hydrogen-bond donors (Lipinski definition) is 0. The molecule has 0 atom stereocenters. The third-order valence-corrected chi connectivity index (χ3v) is 3.69. The van der Waals surface area contributed by atoms with Gasteiger partial charge in [-0.25, -0.2) is 4.98 Å². The molecule has 0 saturated carbocycles. The van der Waals surface area contributed by atoms with Crippen molar-refractivity contribution in [2.45, 2.75) is 20.8 Å². The molecule has 0 N–H and O–H groups in total. The van der Waals surface area contributed by atoms with Gasteiger partial charge in [0.1, 0.15) is 0 Å². The van der Waals surface area contributed by atoms with Crippen LogP contribution in [-0.4, -0.2) is 9.97 Å². The van der Waals surface area contributed by atoms with Gasteiger partial charge in [0.15, 0.2) is 0 Å². The summed E-state index contributed by atoms with van der Waals surface area (Å²) in [5.41, 5.74) is 7.57. The molecule has 3 aromatic rings. The molecule has 0 unspecified atom stereocenters. The zero-order valence-corrected chi connectivity index (χ0v) is 12.6. The predicted octanol–water partition coefficient (Wildman–Crippen LogP) is 4.74. The fourth-order valence-electron chi connectivity index (χ4n) is 2.45. The van der Waals surface area contributed by atoms with E-state index in [1.54, 1.807) is 0 Å². The molecule has 0 saturated heterocycles. The van der Waals surface area contributed by atoms with Gasteiger partial charge in [-0.15, -0.1) is 0 Å². The van der Waals surface area contributed by atoms with Gasteiger partial charge in [0, 0.05) is 11.1 Å². The van der Waals surface area contributed by atoms with Crippen molar-refractivity contribution in [3.8, 4) is 22.5 Å². The third-order valence-electron chi connectivity index (χ3n) is 3.69. The fraction of sp³-hybridized carbons (Fsp3) is 0.158. The Morgan fingerprint density at radius 2 is 1.52 bits per heavy atom. The first kappa shape index (κ1) is 13.5. The van der Waals surface area contributed by atoms with Crippen molar-refractivity contribution in [3.05, 3.63) is 71.5 Å². The van der Waals surface area contributed by atoms with Crippen LogP contribution in [0.15, 0.2) is 54.7 Å². The van der Waals surface area contributed by atoms with Crippen LogP contribution < -0.4 is 0 Å². The summed E-state index contributed by atoms with van der Waals surface area (Å²) in [4.78, 5) is 9.37. The Bertz CT molecular complexity index is 774. The second-order valence-electron chi connectivity index (χ2n) is 5.37. The van der Waals surface area contributed by atoms with Crippen molar-refractivity contribution >= 4 is 0 Å². The first-order valence-electron chi connectivity index (χ1n) is 7.12. The second-order valence-corrected chi connectivity index (χ2v) is 5.37. The van der Waals surface area contributed by atoms with Crippen LogP contribution in [-0.2, 0) is 0 Å². The molecular formula is C19H18N2. The van der Waals surface area contributed by atoms with Crippen LogP contribution in [0.4, 0.5) is 0 Å². The average Bonchev–Trinajstić information content (AvgIpc) is 2.49. The van der Waals surface area contributed by atoms with Crippen LogP contribution in [0, 0.1) is 20.8 Å². The average molecular weight is 274 g/mol. The first-order chi connectivity index (χ1) is 10.1. The molecule has 0 aliphatic rings. The van der Waals surface area contributed by atoms with Crippen LogP contribution >= 0.6 is 0 Å². The number of aromatic nitrogens is 2. The maximum absolute atomic E-state index is 4.73. The van der Waals surface area contributed by atoms with Crippen molar-refractivity contribution in [1.82, 2.24) is 9.97 Å². The molecule has 1 aromatic heterocycles. The molecule has 21 heavy (non-hydrogen) atoms. The van der Waals surface area contributed by atoms with E-state index in [2.05, 4.69) is 55.2 Å². The molecule has 0 amide bonds. The quantitative estimate of drug-likeness (QED) is 0.674. The van der Waals surface area contributed by atoms with Crippen LogP contribution in [0.1, 0.15) is 16.8 Å². The van der Waals surface area contributed by atoms with Gasteiger partial charge in [-0.2, -0.15) is 0 Å². The van der Waals surface area contributed by atoms with Crippen LogP contribution in [0.3, 0.4) is 0 Å². The summed E-state index contributed by atoms with van der Waals surface area (Å²) >= 11 is 0. The largest absolute Gasteiger partial charge is 0.252 e. The van der Waals surface area contributed by atoms with E-state index in [-0.39, 0.29) is 0 Å². The number of benzene rings is 2. The van der Waals surface area contributed by atoms with Crippen molar-refractivity contribution in [3.63, 3.8) is 0 Å². The van der Waals surface area contributed by atoms with Gasteiger partial charge in [0.2, 0.25) is 0 Å². The lowest BCUT2D eigenvalue weighted by molar-refractivity contribution is 1.12. The van der Waals surface area contributed by atoms with E-state index < -0.39 is 0 Å². The molecule has 2 nitrogen and oxygen atoms in total. The van der Waals surface area contributed by atoms with E-state index in [1.165, 1.54) is 11.1 Å². The minimum atomic E-state index is 0.921. The Kier molecular flexibility index (Phi) is 3.53. The Hall–Kier alpha value is -2.48. The summed E-state index contributed by atoms with van der Waals surface area (Å²) in [6, 6.07) is 16.7. The van der Waals surface area contributed by atoms with Gasteiger partial charge in [0.25, 0.3) is 0 Å². The van der Waals surface area contributed by atoms with E-state index in [0.717, 1.165) is 28.2 Å². The van der Waals surface area contributed by atoms with Crippen molar-refractivity contribution in [1.29, 1.82) is 0 Å². The number of aryl methyl sites for hydroxylation is 3. The fourth-order valence-corrected chi connectivity index (χ4v) is 2.45. The van der Waals surface area contributed by atoms with Crippen molar-refractivity contribution in [2.24, 2.45) is 0 Å². The molecule has 2 aromatic carbocycles. The molecule has 1 heterocycles. The summed E-state index contributed by atoms with van der Waals surface area (Å²) in [5.74, 6) is 0. The Morgan fingerprint density at radius 1 is 0.810 bits per heavy atom.